The smallest absolute Gasteiger partial charge is 0.0992 e. The molecule has 1 heterocycles. The maximum atomic E-state index is 5.52. The van der Waals surface area contributed by atoms with Gasteiger partial charge < -0.3 is 9.47 Å². The first-order valence-electron chi connectivity index (χ1n) is 6.08. The Labute approximate surface area is 99.5 Å². The predicted molar refractivity (Wildman–Crippen MR) is 65.6 cm³/mol. The minimum atomic E-state index is 0.295. The molecule has 0 aliphatic carbocycles. The first kappa shape index (κ1) is 13.9. The van der Waals surface area contributed by atoms with Crippen LogP contribution in [0.3, 0.4) is 0 Å². The lowest BCUT2D eigenvalue weighted by Crippen LogP contribution is -2.53. The summed E-state index contributed by atoms with van der Waals surface area (Å²) in [5.74, 6) is 0. The highest BCUT2D eigenvalue weighted by Crippen LogP contribution is 2.15. The molecule has 0 aromatic rings. The molecule has 1 saturated heterocycles. The van der Waals surface area contributed by atoms with Gasteiger partial charge in [0.2, 0.25) is 0 Å². The van der Waals surface area contributed by atoms with Crippen molar-refractivity contribution in [2.45, 2.75) is 26.3 Å². The zero-order chi connectivity index (χ0) is 12.0. The van der Waals surface area contributed by atoms with E-state index < -0.39 is 0 Å². The molecule has 1 rings (SSSR count). The fraction of sp³-hybridized carbons (Fsp3) is 1.00. The number of hydrogen-bond donors (Lipinski definition) is 0. The summed E-state index contributed by atoms with van der Waals surface area (Å²) in [6.07, 6.45) is 0. The second kappa shape index (κ2) is 6.55. The van der Waals surface area contributed by atoms with Crippen LogP contribution < -0.4 is 0 Å². The molecular weight excluding hydrogens is 204 g/mol. The number of ether oxygens (including phenoxy) is 2. The molecule has 1 aliphatic rings. The van der Waals surface area contributed by atoms with Crippen LogP contribution in [0.15, 0.2) is 0 Å². The van der Waals surface area contributed by atoms with Gasteiger partial charge >= 0.3 is 0 Å². The molecule has 16 heavy (non-hydrogen) atoms. The molecule has 4 nitrogen and oxygen atoms in total. The topological polar surface area (TPSA) is 24.9 Å². The van der Waals surface area contributed by atoms with Crippen LogP contribution in [0.4, 0.5) is 0 Å². The van der Waals surface area contributed by atoms with Crippen LogP contribution in [0, 0.1) is 0 Å². The third-order valence-corrected chi connectivity index (χ3v) is 3.03. The summed E-state index contributed by atoms with van der Waals surface area (Å²) in [6, 6.07) is 0. The van der Waals surface area contributed by atoms with Crippen LogP contribution >= 0.6 is 0 Å². The number of methoxy groups -OCH3 is 1. The van der Waals surface area contributed by atoms with Crippen molar-refractivity contribution < 1.29 is 9.47 Å². The van der Waals surface area contributed by atoms with Gasteiger partial charge in [0.25, 0.3) is 0 Å². The molecule has 1 fully saturated rings. The molecular formula is C12H26N2O2. The Hall–Kier alpha value is -0.160. The van der Waals surface area contributed by atoms with Crippen LogP contribution in [0.25, 0.3) is 0 Å². The number of hydrogen-bond acceptors (Lipinski definition) is 4. The Morgan fingerprint density at radius 3 is 2.12 bits per heavy atom. The van der Waals surface area contributed by atoms with Gasteiger partial charge in [-0.3, -0.25) is 9.80 Å². The Morgan fingerprint density at radius 2 is 1.62 bits per heavy atom. The highest BCUT2D eigenvalue weighted by atomic mass is 16.5. The van der Waals surface area contributed by atoms with E-state index in [0.29, 0.717) is 18.8 Å². The molecule has 96 valence electrons. The zero-order valence-corrected chi connectivity index (χ0v) is 11.2. The average Bonchev–Trinajstić information content (AvgIpc) is 2.24. The molecule has 0 aromatic heterocycles. The molecule has 0 N–H and O–H groups in total. The van der Waals surface area contributed by atoms with Gasteiger partial charge in [0.05, 0.1) is 19.9 Å². The molecule has 0 unspecified atom stereocenters. The molecule has 4 heteroatoms. The van der Waals surface area contributed by atoms with E-state index in [1.165, 1.54) is 0 Å². The Balaban J connectivity index is 2.12. The van der Waals surface area contributed by atoms with E-state index in [0.717, 1.165) is 32.9 Å². The summed E-state index contributed by atoms with van der Waals surface area (Å²) in [7, 11) is 1.70. The molecule has 0 spiro atoms. The van der Waals surface area contributed by atoms with Gasteiger partial charge in [0.1, 0.15) is 0 Å². The lowest BCUT2D eigenvalue weighted by Gasteiger charge is -2.42. The SMILES string of the molecule is COCCOCN1CCN(C(C)(C)C)CC1. The third-order valence-electron chi connectivity index (χ3n) is 3.03. The average molecular weight is 230 g/mol. The van der Waals surface area contributed by atoms with Crippen LogP contribution in [0.5, 0.6) is 0 Å². The summed E-state index contributed by atoms with van der Waals surface area (Å²) in [4.78, 5) is 4.89. The molecule has 0 radical (unpaired) electrons. The maximum absolute atomic E-state index is 5.52. The van der Waals surface area contributed by atoms with E-state index in [1.54, 1.807) is 7.11 Å². The van der Waals surface area contributed by atoms with Gasteiger partial charge in [-0.05, 0) is 20.8 Å². The maximum Gasteiger partial charge on any atom is 0.0992 e. The van der Waals surface area contributed by atoms with Crippen molar-refractivity contribution in [3.05, 3.63) is 0 Å². The Morgan fingerprint density at radius 1 is 1.00 bits per heavy atom. The molecule has 0 atom stereocenters. The second-order valence-corrected chi connectivity index (χ2v) is 5.31. The van der Waals surface area contributed by atoms with E-state index in [1.807, 2.05) is 0 Å². The lowest BCUT2D eigenvalue weighted by molar-refractivity contribution is -0.0278. The first-order chi connectivity index (χ1) is 7.54. The summed E-state index contributed by atoms with van der Waals surface area (Å²) in [6.45, 7) is 13.4. The third kappa shape index (κ3) is 4.78. The van der Waals surface area contributed by atoms with E-state index >= 15 is 0 Å². The van der Waals surface area contributed by atoms with Crippen LogP contribution in [-0.2, 0) is 9.47 Å². The van der Waals surface area contributed by atoms with Crippen molar-refractivity contribution >= 4 is 0 Å². The number of piperazine rings is 1. The summed E-state index contributed by atoms with van der Waals surface area (Å²) in [5, 5.41) is 0. The lowest BCUT2D eigenvalue weighted by atomic mass is 10.1. The van der Waals surface area contributed by atoms with Gasteiger partial charge in [0, 0.05) is 38.8 Å². The fourth-order valence-corrected chi connectivity index (χ4v) is 1.88. The monoisotopic (exact) mass is 230 g/mol. The van der Waals surface area contributed by atoms with E-state index in [-0.39, 0.29) is 0 Å². The Bertz CT molecular complexity index is 184. The molecule has 0 aromatic carbocycles. The van der Waals surface area contributed by atoms with Crippen molar-refractivity contribution in [3.8, 4) is 0 Å². The highest BCUT2D eigenvalue weighted by Gasteiger charge is 2.25. The van der Waals surface area contributed by atoms with Crippen molar-refractivity contribution in [3.63, 3.8) is 0 Å². The van der Waals surface area contributed by atoms with Crippen molar-refractivity contribution in [2.75, 3.05) is 53.2 Å². The van der Waals surface area contributed by atoms with Crippen molar-refractivity contribution in [2.24, 2.45) is 0 Å². The van der Waals surface area contributed by atoms with Crippen LogP contribution in [-0.4, -0.2) is 68.6 Å². The van der Waals surface area contributed by atoms with E-state index in [2.05, 4.69) is 30.6 Å². The summed E-state index contributed by atoms with van der Waals surface area (Å²) < 4.78 is 10.5. The normalized spacial score (nSPS) is 20.2. The zero-order valence-electron chi connectivity index (χ0n) is 11.2. The summed E-state index contributed by atoms with van der Waals surface area (Å²) in [5.41, 5.74) is 0.295. The quantitative estimate of drug-likeness (QED) is 0.658. The molecule has 0 bridgehead atoms. The van der Waals surface area contributed by atoms with E-state index in [4.69, 9.17) is 9.47 Å². The highest BCUT2D eigenvalue weighted by molar-refractivity contribution is 4.81. The standard InChI is InChI=1S/C12H26N2O2/c1-12(2,3)14-7-5-13(6-8-14)11-16-10-9-15-4/h5-11H2,1-4H3. The van der Waals surface area contributed by atoms with E-state index in [9.17, 15) is 0 Å². The minimum Gasteiger partial charge on any atom is -0.382 e. The number of rotatable bonds is 5. The number of nitrogens with zero attached hydrogens (tertiary/aromatic N) is 2. The molecule has 1 aliphatic heterocycles. The predicted octanol–water partition coefficient (Wildman–Crippen LogP) is 1.02. The van der Waals surface area contributed by atoms with Crippen LogP contribution in [0.1, 0.15) is 20.8 Å². The van der Waals surface area contributed by atoms with Gasteiger partial charge in [-0.25, -0.2) is 0 Å². The van der Waals surface area contributed by atoms with Gasteiger partial charge in [-0.1, -0.05) is 0 Å². The largest absolute Gasteiger partial charge is 0.382 e. The van der Waals surface area contributed by atoms with Gasteiger partial charge in [0.15, 0.2) is 0 Å². The summed E-state index contributed by atoms with van der Waals surface area (Å²) >= 11 is 0. The molecule has 0 saturated carbocycles. The second-order valence-electron chi connectivity index (χ2n) is 5.31. The Kier molecular flexibility index (Phi) is 5.69. The fourth-order valence-electron chi connectivity index (χ4n) is 1.88. The van der Waals surface area contributed by atoms with Crippen molar-refractivity contribution in [1.29, 1.82) is 0 Å². The van der Waals surface area contributed by atoms with Crippen molar-refractivity contribution in [1.82, 2.24) is 9.80 Å². The van der Waals surface area contributed by atoms with Crippen LogP contribution in [0.2, 0.25) is 0 Å². The first-order valence-corrected chi connectivity index (χ1v) is 6.08. The van der Waals surface area contributed by atoms with Gasteiger partial charge in [-0.2, -0.15) is 0 Å². The molecule has 0 amide bonds. The van der Waals surface area contributed by atoms with Gasteiger partial charge in [-0.15, -0.1) is 0 Å². The minimum absolute atomic E-state index is 0.295.